The molecule has 0 bridgehead atoms. The number of rotatable bonds is 4. The number of furan rings is 1. The molecular formula is C15H21NO5. The van der Waals surface area contributed by atoms with Crippen molar-refractivity contribution >= 4 is 11.9 Å². The fraction of sp³-hybridized carbons (Fsp3) is 0.600. The van der Waals surface area contributed by atoms with Crippen molar-refractivity contribution in [2.75, 3.05) is 6.61 Å². The third-order valence-electron chi connectivity index (χ3n) is 3.62. The van der Waals surface area contributed by atoms with Gasteiger partial charge in [-0.2, -0.15) is 0 Å². The second kappa shape index (κ2) is 5.89. The van der Waals surface area contributed by atoms with Gasteiger partial charge < -0.3 is 19.6 Å². The van der Waals surface area contributed by atoms with Crippen LogP contribution < -0.4 is 5.32 Å². The number of hydrogen-bond acceptors (Lipinski definition) is 4. The summed E-state index contributed by atoms with van der Waals surface area (Å²) in [6.45, 7) is 6.34. The van der Waals surface area contributed by atoms with Gasteiger partial charge in [0.1, 0.15) is 11.3 Å². The number of nitrogens with one attached hydrogen (secondary N) is 1. The number of hydrogen-bond donors (Lipinski definition) is 2. The van der Waals surface area contributed by atoms with E-state index in [1.807, 2.05) is 13.8 Å². The average Bonchev–Trinajstić information content (AvgIpc) is 2.81. The van der Waals surface area contributed by atoms with E-state index in [0.29, 0.717) is 25.2 Å². The SMILES string of the molecule is CCc1oc(C(=O)NC2CCOC(C)(C)C2)cc1C(=O)O. The Hall–Kier alpha value is -1.82. The third kappa shape index (κ3) is 3.64. The smallest absolute Gasteiger partial charge is 0.339 e. The van der Waals surface area contributed by atoms with Crippen LogP contribution in [0.1, 0.15) is 60.3 Å². The molecule has 1 aliphatic rings. The Labute approximate surface area is 123 Å². The summed E-state index contributed by atoms with van der Waals surface area (Å²) in [5.41, 5.74) is -0.213. The Morgan fingerprint density at radius 1 is 1.48 bits per heavy atom. The molecule has 0 spiro atoms. The quantitative estimate of drug-likeness (QED) is 0.889. The summed E-state index contributed by atoms with van der Waals surface area (Å²) in [4.78, 5) is 23.3. The number of amides is 1. The highest BCUT2D eigenvalue weighted by atomic mass is 16.5. The first-order chi connectivity index (χ1) is 9.82. The minimum atomic E-state index is -1.08. The lowest BCUT2D eigenvalue weighted by molar-refractivity contribution is -0.0616. The van der Waals surface area contributed by atoms with E-state index in [9.17, 15) is 9.59 Å². The Bertz CT molecular complexity index is 546. The summed E-state index contributed by atoms with van der Waals surface area (Å²) in [7, 11) is 0. The zero-order valence-electron chi connectivity index (χ0n) is 12.6. The summed E-state index contributed by atoms with van der Waals surface area (Å²) < 4.78 is 11.0. The molecule has 1 atom stereocenters. The Kier molecular flexibility index (Phi) is 4.37. The first-order valence-electron chi connectivity index (χ1n) is 7.13. The van der Waals surface area contributed by atoms with Crippen molar-refractivity contribution in [1.29, 1.82) is 0 Å². The molecule has 1 aliphatic heterocycles. The van der Waals surface area contributed by atoms with Crippen molar-refractivity contribution in [2.45, 2.75) is 51.7 Å². The maximum absolute atomic E-state index is 12.2. The van der Waals surface area contributed by atoms with Gasteiger partial charge in [-0.3, -0.25) is 4.79 Å². The minimum absolute atomic E-state index is 0.00436. The predicted molar refractivity (Wildman–Crippen MR) is 75.6 cm³/mol. The van der Waals surface area contributed by atoms with Gasteiger partial charge in [-0.1, -0.05) is 6.92 Å². The molecule has 6 nitrogen and oxygen atoms in total. The fourth-order valence-corrected chi connectivity index (χ4v) is 2.60. The van der Waals surface area contributed by atoms with Crippen LogP contribution in [0.4, 0.5) is 0 Å². The standard InChI is InChI=1S/C15H21NO5/c1-4-11-10(14(18)19)7-12(21-11)13(17)16-9-5-6-20-15(2,3)8-9/h7,9H,4-6,8H2,1-3H3,(H,16,17)(H,18,19). The largest absolute Gasteiger partial charge is 0.478 e. The highest BCUT2D eigenvalue weighted by molar-refractivity contribution is 5.96. The molecule has 116 valence electrons. The highest BCUT2D eigenvalue weighted by Gasteiger charge is 2.30. The molecule has 0 aliphatic carbocycles. The van der Waals surface area contributed by atoms with Crippen LogP contribution in [0.15, 0.2) is 10.5 Å². The maximum Gasteiger partial charge on any atom is 0.339 e. The van der Waals surface area contributed by atoms with Gasteiger partial charge in [-0.05, 0) is 26.7 Å². The molecule has 2 rings (SSSR count). The van der Waals surface area contributed by atoms with E-state index in [0.717, 1.165) is 6.42 Å². The maximum atomic E-state index is 12.2. The Morgan fingerprint density at radius 3 is 2.71 bits per heavy atom. The molecule has 1 fully saturated rings. The average molecular weight is 295 g/mol. The lowest BCUT2D eigenvalue weighted by atomic mass is 9.94. The molecule has 1 unspecified atom stereocenters. The molecule has 2 N–H and O–H groups in total. The molecule has 21 heavy (non-hydrogen) atoms. The van der Waals surface area contributed by atoms with E-state index < -0.39 is 5.97 Å². The van der Waals surface area contributed by atoms with E-state index in [2.05, 4.69) is 5.32 Å². The summed E-state index contributed by atoms with van der Waals surface area (Å²) >= 11 is 0. The monoisotopic (exact) mass is 295 g/mol. The van der Waals surface area contributed by atoms with Crippen LogP contribution >= 0.6 is 0 Å². The molecule has 1 amide bonds. The summed E-state index contributed by atoms with van der Waals surface area (Å²) in [6.07, 6.45) is 1.88. The highest BCUT2D eigenvalue weighted by Crippen LogP contribution is 2.24. The molecule has 0 saturated carbocycles. The second-order valence-corrected chi connectivity index (χ2v) is 5.88. The van der Waals surface area contributed by atoms with Crippen molar-refractivity contribution in [2.24, 2.45) is 0 Å². The van der Waals surface area contributed by atoms with Crippen LogP contribution in [-0.4, -0.2) is 35.2 Å². The van der Waals surface area contributed by atoms with Crippen molar-refractivity contribution in [1.82, 2.24) is 5.32 Å². The number of carboxylic acid groups (broad SMARTS) is 1. The van der Waals surface area contributed by atoms with Gasteiger partial charge in [0.25, 0.3) is 5.91 Å². The van der Waals surface area contributed by atoms with Crippen LogP contribution in [0, 0.1) is 0 Å². The number of aromatic carboxylic acids is 1. The normalized spacial score (nSPS) is 21.0. The summed E-state index contributed by atoms with van der Waals surface area (Å²) in [5.74, 6) is -1.09. The molecule has 2 heterocycles. The zero-order valence-corrected chi connectivity index (χ0v) is 12.6. The fourth-order valence-electron chi connectivity index (χ4n) is 2.60. The summed E-state index contributed by atoms with van der Waals surface area (Å²) in [5, 5.41) is 12.0. The van der Waals surface area contributed by atoms with Gasteiger partial charge in [0, 0.05) is 25.1 Å². The minimum Gasteiger partial charge on any atom is -0.478 e. The second-order valence-electron chi connectivity index (χ2n) is 5.88. The molecule has 1 aromatic heterocycles. The molecular weight excluding hydrogens is 274 g/mol. The lowest BCUT2D eigenvalue weighted by Gasteiger charge is -2.35. The van der Waals surface area contributed by atoms with Crippen molar-refractivity contribution in [3.05, 3.63) is 23.2 Å². The Morgan fingerprint density at radius 2 is 2.19 bits per heavy atom. The van der Waals surface area contributed by atoms with Crippen LogP contribution in [0.2, 0.25) is 0 Å². The van der Waals surface area contributed by atoms with E-state index in [1.165, 1.54) is 6.07 Å². The number of carboxylic acids is 1. The van der Waals surface area contributed by atoms with Gasteiger partial charge >= 0.3 is 5.97 Å². The Balaban J connectivity index is 2.08. The van der Waals surface area contributed by atoms with Crippen LogP contribution in [0.3, 0.4) is 0 Å². The van der Waals surface area contributed by atoms with Gasteiger partial charge in [-0.25, -0.2) is 4.79 Å². The van der Waals surface area contributed by atoms with Crippen molar-refractivity contribution < 1.29 is 23.8 Å². The number of aryl methyl sites for hydroxylation is 1. The van der Waals surface area contributed by atoms with Gasteiger partial charge in [0.05, 0.1) is 5.60 Å². The molecule has 1 aromatic rings. The first kappa shape index (κ1) is 15.6. The van der Waals surface area contributed by atoms with Crippen LogP contribution in [-0.2, 0) is 11.2 Å². The number of carbonyl (C=O) groups excluding carboxylic acids is 1. The van der Waals surface area contributed by atoms with Crippen molar-refractivity contribution in [3.63, 3.8) is 0 Å². The predicted octanol–water partition coefficient (Wildman–Crippen LogP) is 2.23. The lowest BCUT2D eigenvalue weighted by Crippen LogP contribution is -2.45. The van der Waals surface area contributed by atoms with E-state index in [-0.39, 0.29) is 28.9 Å². The van der Waals surface area contributed by atoms with Gasteiger partial charge in [0.15, 0.2) is 5.76 Å². The third-order valence-corrected chi connectivity index (χ3v) is 3.62. The number of ether oxygens (including phenoxy) is 1. The van der Waals surface area contributed by atoms with Gasteiger partial charge in [0.2, 0.25) is 0 Å². The van der Waals surface area contributed by atoms with Crippen molar-refractivity contribution in [3.8, 4) is 0 Å². The molecule has 6 heteroatoms. The van der Waals surface area contributed by atoms with Gasteiger partial charge in [-0.15, -0.1) is 0 Å². The van der Waals surface area contributed by atoms with E-state index in [1.54, 1.807) is 6.92 Å². The van der Waals surface area contributed by atoms with E-state index in [4.69, 9.17) is 14.3 Å². The first-order valence-corrected chi connectivity index (χ1v) is 7.13. The van der Waals surface area contributed by atoms with Crippen LogP contribution in [0.25, 0.3) is 0 Å². The molecule has 0 radical (unpaired) electrons. The molecule has 1 saturated heterocycles. The van der Waals surface area contributed by atoms with Crippen LogP contribution in [0.5, 0.6) is 0 Å². The number of carbonyl (C=O) groups is 2. The molecule has 0 aromatic carbocycles. The zero-order chi connectivity index (χ0) is 15.6. The topological polar surface area (TPSA) is 88.8 Å². The summed E-state index contributed by atoms with van der Waals surface area (Å²) in [6, 6.07) is 1.30. The van der Waals surface area contributed by atoms with E-state index >= 15 is 0 Å².